The minimum Gasteiger partial charge on any atom is -0.495 e. The van der Waals surface area contributed by atoms with E-state index in [9.17, 15) is 0 Å². The van der Waals surface area contributed by atoms with Gasteiger partial charge in [0.05, 0.1) is 23.6 Å². The molecule has 10 heterocycles. The van der Waals surface area contributed by atoms with Crippen LogP contribution in [0.4, 0.5) is 0 Å². The maximum absolute atomic E-state index is 6.23. The van der Waals surface area contributed by atoms with Crippen molar-refractivity contribution in [2.45, 2.75) is 0 Å². The van der Waals surface area contributed by atoms with Gasteiger partial charge in [0.15, 0.2) is 0 Å². The van der Waals surface area contributed by atoms with Crippen LogP contribution < -0.4 is 9.47 Å². The third-order valence-corrected chi connectivity index (χ3v) is 21.8. The number of benzene rings is 2. The quantitative estimate of drug-likeness (QED) is 0.151. The van der Waals surface area contributed by atoms with E-state index in [2.05, 4.69) is 108 Å². The summed E-state index contributed by atoms with van der Waals surface area (Å²) in [5, 5.41) is 8.83. The number of hydrogen-bond donors (Lipinski definition) is 0. The summed E-state index contributed by atoms with van der Waals surface area (Å²) >= 11 is 18.6. The molecule has 0 spiro atoms. The monoisotopic (exact) mass is 904 g/mol. The molecule has 2 aromatic carbocycles. The predicted molar refractivity (Wildman–Crippen MR) is 258 cm³/mol. The molecule has 0 saturated carbocycles. The molecule has 12 rings (SSSR count). The summed E-state index contributed by atoms with van der Waals surface area (Å²) in [6.45, 7) is 0. The van der Waals surface area contributed by atoms with Crippen molar-refractivity contribution in [1.82, 2.24) is 0 Å². The van der Waals surface area contributed by atoms with E-state index in [0.29, 0.717) is 0 Å². The van der Waals surface area contributed by atoms with Crippen molar-refractivity contribution >= 4 is 163 Å². The van der Waals surface area contributed by atoms with Crippen molar-refractivity contribution in [2.75, 3.05) is 14.2 Å². The lowest BCUT2D eigenvalue weighted by Gasteiger charge is -2.11. The van der Waals surface area contributed by atoms with E-state index < -0.39 is 0 Å². The van der Waals surface area contributed by atoms with E-state index in [4.69, 9.17) is 9.47 Å². The Morgan fingerprint density at radius 1 is 0.339 bits per heavy atom. The van der Waals surface area contributed by atoms with Crippen LogP contribution in [0.5, 0.6) is 11.5 Å². The molecule has 0 fully saturated rings. The third-order valence-electron chi connectivity index (χ3n) is 9.85. The number of rotatable bonds is 8. The SMILES string of the molecule is COc1c2cc3cc(-c4ccc(-c5cc6sc(-c7cccs7)cc6s5)s4)sc3c(OC)c2cc2cc(-c3ccc(-c4cc5sc(-c6cccs6)cc5s4)s3)sc12. The van der Waals surface area contributed by atoms with Crippen LogP contribution in [-0.4, -0.2) is 14.2 Å². The van der Waals surface area contributed by atoms with Gasteiger partial charge >= 0.3 is 0 Å². The zero-order valence-electron chi connectivity index (χ0n) is 29.3. The molecule has 12 heteroatoms. The van der Waals surface area contributed by atoms with Crippen LogP contribution in [0.3, 0.4) is 0 Å². The Kier molecular flexibility index (Phi) is 8.26. The van der Waals surface area contributed by atoms with Crippen LogP contribution in [-0.2, 0) is 0 Å². The Labute approximate surface area is 361 Å². The number of hydrogen-bond acceptors (Lipinski definition) is 12. The molecule has 0 aliphatic rings. The van der Waals surface area contributed by atoms with Gasteiger partial charge in [0.25, 0.3) is 0 Å². The minimum absolute atomic E-state index is 0.914. The maximum Gasteiger partial charge on any atom is 0.144 e. The fourth-order valence-corrected chi connectivity index (χ4v) is 18.4. The number of thiophene rings is 10. The summed E-state index contributed by atoms with van der Waals surface area (Å²) in [4.78, 5) is 15.8. The summed E-state index contributed by atoms with van der Waals surface area (Å²) in [6.07, 6.45) is 0. The second-order valence-electron chi connectivity index (χ2n) is 13.2. The van der Waals surface area contributed by atoms with E-state index in [1.807, 2.05) is 113 Å². The topological polar surface area (TPSA) is 18.5 Å². The number of fused-ring (bicyclic) bond motifs is 5. The van der Waals surface area contributed by atoms with Crippen LogP contribution in [0.25, 0.3) is 108 Å². The van der Waals surface area contributed by atoms with Gasteiger partial charge in [-0.2, -0.15) is 0 Å². The van der Waals surface area contributed by atoms with Gasteiger partial charge in [-0.25, -0.2) is 0 Å². The van der Waals surface area contributed by atoms with Crippen molar-refractivity contribution in [3.63, 3.8) is 0 Å². The highest BCUT2D eigenvalue weighted by Crippen LogP contribution is 2.53. The lowest BCUT2D eigenvalue weighted by molar-refractivity contribution is 0.421. The van der Waals surface area contributed by atoms with E-state index in [1.54, 1.807) is 14.2 Å². The third kappa shape index (κ3) is 5.57. The molecule has 0 radical (unpaired) electrons. The summed E-state index contributed by atoms with van der Waals surface area (Å²) in [7, 11) is 3.59. The Morgan fingerprint density at radius 2 is 0.696 bits per heavy atom. The molecule has 12 aromatic rings. The molecular weight excluding hydrogens is 881 g/mol. The van der Waals surface area contributed by atoms with Crippen LogP contribution >= 0.6 is 113 Å². The molecule has 0 aliphatic carbocycles. The molecule has 0 bridgehead atoms. The number of ether oxygens (including phenoxy) is 2. The van der Waals surface area contributed by atoms with Crippen molar-refractivity contribution in [1.29, 1.82) is 0 Å². The van der Waals surface area contributed by atoms with E-state index in [0.717, 1.165) is 22.3 Å². The summed E-state index contributed by atoms with van der Waals surface area (Å²) in [5.74, 6) is 1.83. The lowest BCUT2D eigenvalue weighted by Crippen LogP contribution is -1.89. The standard InChI is InChI=1S/C44H24O2S10/c1-45-41-23-13-22-16-32(28-8-10-30(50-28)36-20-40-38(54-36)18-34(52-40)26-6-4-12-48-26)56-44(22)42(46-2)24(23)14-21-15-31(55-43(21)41)27-7-9-29(49-27)35-19-39-37(53-35)17-33(51-39)25-5-3-11-47-25/h3-20H,1-2H3. The first-order valence-electron chi connectivity index (χ1n) is 17.5. The first-order chi connectivity index (χ1) is 27.6. The summed E-state index contributed by atoms with van der Waals surface area (Å²) in [5.41, 5.74) is 0. The van der Waals surface area contributed by atoms with Crippen LogP contribution in [0.15, 0.2) is 108 Å². The van der Waals surface area contributed by atoms with Crippen molar-refractivity contribution in [3.05, 3.63) is 108 Å². The largest absolute Gasteiger partial charge is 0.495 e. The summed E-state index contributed by atoms with van der Waals surface area (Å²) in [6, 6.07) is 36.5. The second-order valence-corrected chi connectivity index (χ2v) is 23.7. The van der Waals surface area contributed by atoms with Gasteiger partial charge in [-0.3, -0.25) is 0 Å². The zero-order valence-corrected chi connectivity index (χ0v) is 37.5. The fraction of sp³-hybridized carbons (Fsp3) is 0.0455. The van der Waals surface area contributed by atoms with Crippen LogP contribution in [0.1, 0.15) is 0 Å². The molecule has 10 aromatic heterocycles. The molecule has 2 nitrogen and oxygen atoms in total. The highest BCUT2D eigenvalue weighted by Gasteiger charge is 2.21. The first-order valence-corrected chi connectivity index (χ1v) is 25.8. The maximum atomic E-state index is 6.23. The minimum atomic E-state index is 0.914. The fourth-order valence-electron chi connectivity index (χ4n) is 7.31. The predicted octanol–water partition coefficient (Wildman–Crippen LogP) is 18.1. The molecule has 0 unspecified atom stereocenters. The van der Waals surface area contributed by atoms with Crippen LogP contribution in [0, 0.1) is 0 Å². The van der Waals surface area contributed by atoms with Crippen LogP contribution in [0.2, 0.25) is 0 Å². The molecule has 0 saturated heterocycles. The van der Waals surface area contributed by atoms with Gasteiger partial charge < -0.3 is 9.47 Å². The normalized spacial score (nSPS) is 12.1. The Morgan fingerprint density at radius 3 is 1.04 bits per heavy atom. The van der Waals surface area contributed by atoms with Gasteiger partial charge in [0.1, 0.15) is 11.5 Å². The molecule has 0 atom stereocenters. The Balaban J connectivity index is 0.877. The van der Waals surface area contributed by atoms with Gasteiger partial charge in [-0.05, 0) is 106 Å². The van der Waals surface area contributed by atoms with Gasteiger partial charge in [0, 0.05) is 88.1 Å². The number of methoxy groups -OCH3 is 2. The molecular formula is C44H24O2S10. The second kappa shape index (κ2) is 13.5. The average molecular weight is 905 g/mol. The highest BCUT2D eigenvalue weighted by molar-refractivity contribution is 7.35. The van der Waals surface area contributed by atoms with Gasteiger partial charge in [-0.1, -0.05) is 12.1 Å². The lowest BCUT2D eigenvalue weighted by atomic mass is 10.0. The van der Waals surface area contributed by atoms with Crippen molar-refractivity contribution < 1.29 is 9.47 Å². The highest BCUT2D eigenvalue weighted by atomic mass is 32.1. The molecule has 56 heavy (non-hydrogen) atoms. The molecule has 272 valence electrons. The van der Waals surface area contributed by atoms with E-state index in [-0.39, 0.29) is 0 Å². The smallest absolute Gasteiger partial charge is 0.144 e. The molecule has 0 amide bonds. The Bertz CT molecular complexity index is 3110. The average Bonchev–Trinajstić information content (AvgIpc) is 4.02. The Hall–Kier alpha value is -3.66. The van der Waals surface area contributed by atoms with Gasteiger partial charge in [0.2, 0.25) is 0 Å². The molecule has 0 aliphatic heterocycles. The van der Waals surface area contributed by atoms with Crippen molar-refractivity contribution in [3.8, 4) is 70.0 Å². The summed E-state index contributed by atoms with van der Waals surface area (Å²) < 4.78 is 20.3. The first kappa shape index (κ1) is 34.4. The molecule has 0 N–H and O–H groups in total. The van der Waals surface area contributed by atoms with E-state index in [1.165, 1.54) is 97.5 Å². The van der Waals surface area contributed by atoms with Crippen molar-refractivity contribution in [2.24, 2.45) is 0 Å². The van der Waals surface area contributed by atoms with Gasteiger partial charge in [-0.15, -0.1) is 113 Å². The zero-order chi connectivity index (χ0) is 37.1. The van der Waals surface area contributed by atoms with E-state index >= 15 is 0 Å².